The first-order valence-corrected chi connectivity index (χ1v) is 8.59. The highest BCUT2D eigenvalue weighted by Crippen LogP contribution is 2.33. The molecule has 2 N–H and O–H groups in total. The maximum absolute atomic E-state index is 6.06. The second kappa shape index (κ2) is 7.32. The molecule has 0 bridgehead atoms. The van der Waals surface area contributed by atoms with Crippen LogP contribution < -0.4 is 5.73 Å². The van der Waals surface area contributed by atoms with Crippen molar-refractivity contribution in [1.29, 1.82) is 0 Å². The molecule has 106 valence electrons. The third-order valence-corrected chi connectivity index (χ3v) is 4.61. The van der Waals surface area contributed by atoms with Crippen LogP contribution in [0.1, 0.15) is 37.8 Å². The number of hydrogen-bond donors (Lipinski definition) is 1. The first kappa shape index (κ1) is 14.9. The summed E-state index contributed by atoms with van der Waals surface area (Å²) < 4.78 is 0. The molecule has 0 spiro atoms. The van der Waals surface area contributed by atoms with Crippen molar-refractivity contribution in [2.24, 2.45) is 11.7 Å². The molecule has 0 saturated heterocycles. The molecule has 19 heavy (non-hydrogen) atoms. The van der Waals surface area contributed by atoms with E-state index in [1.807, 2.05) is 0 Å². The number of rotatable bonds is 8. The van der Waals surface area contributed by atoms with Crippen LogP contribution in [0.2, 0.25) is 0 Å². The Labute approximate surface area is 121 Å². The van der Waals surface area contributed by atoms with E-state index in [1.165, 1.54) is 36.3 Å². The summed E-state index contributed by atoms with van der Waals surface area (Å²) in [6.07, 6.45) is 6.13. The van der Waals surface area contributed by atoms with Crippen molar-refractivity contribution in [2.75, 3.05) is 25.9 Å². The Kier molecular flexibility index (Phi) is 5.74. The van der Waals surface area contributed by atoms with Gasteiger partial charge in [-0.1, -0.05) is 19.1 Å². The lowest BCUT2D eigenvalue weighted by atomic mass is 10.0. The van der Waals surface area contributed by atoms with Crippen LogP contribution in [0, 0.1) is 5.92 Å². The summed E-state index contributed by atoms with van der Waals surface area (Å²) in [5.41, 5.74) is 7.43. The van der Waals surface area contributed by atoms with Gasteiger partial charge in [-0.25, -0.2) is 0 Å². The van der Waals surface area contributed by atoms with Crippen LogP contribution in [0.3, 0.4) is 0 Å². The van der Waals surface area contributed by atoms with Crippen LogP contribution in [0.5, 0.6) is 0 Å². The molecule has 1 unspecified atom stereocenters. The smallest absolute Gasteiger partial charge is 0.0470 e. The van der Waals surface area contributed by atoms with E-state index in [9.17, 15) is 0 Å². The summed E-state index contributed by atoms with van der Waals surface area (Å²) in [6, 6.07) is 9.31. The van der Waals surface area contributed by atoms with Crippen LogP contribution in [0.15, 0.2) is 29.2 Å². The minimum Gasteiger partial charge on any atom is -0.329 e. The van der Waals surface area contributed by atoms with Crippen molar-refractivity contribution in [3.05, 3.63) is 29.8 Å². The van der Waals surface area contributed by atoms with E-state index in [0.717, 1.165) is 12.5 Å². The highest BCUT2D eigenvalue weighted by atomic mass is 32.2. The van der Waals surface area contributed by atoms with Gasteiger partial charge < -0.3 is 5.73 Å². The maximum Gasteiger partial charge on any atom is 0.0470 e. The molecule has 0 amide bonds. The van der Waals surface area contributed by atoms with Gasteiger partial charge in [0, 0.05) is 24.0 Å². The van der Waals surface area contributed by atoms with Crippen molar-refractivity contribution < 1.29 is 0 Å². The van der Waals surface area contributed by atoms with Gasteiger partial charge in [-0.05, 0) is 55.7 Å². The summed E-state index contributed by atoms with van der Waals surface area (Å²) >= 11 is 1.79. The highest BCUT2D eigenvalue weighted by molar-refractivity contribution is 7.98. The van der Waals surface area contributed by atoms with Crippen molar-refractivity contribution in [3.8, 4) is 0 Å². The Morgan fingerprint density at radius 3 is 2.47 bits per heavy atom. The van der Waals surface area contributed by atoms with Gasteiger partial charge in [-0.2, -0.15) is 0 Å². The molecule has 1 aliphatic rings. The quantitative estimate of drug-likeness (QED) is 0.738. The largest absolute Gasteiger partial charge is 0.329 e. The summed E-state index contributed by atoms with van der Waals surface area (Å²) in [4.78, 5) is 3.91. The Hall–Kier alpha value is -0.510. The molecule has 1 fully saturated rings. The molecular weight excluding hydrogens is 252 g/mol. The lowest BCUT2D eigenvalue weighted by Crippen LogP contribution is -2.35. The van der Waals surface area contributed by atoms with Gasteiger partial charge in [0.1, 0.15) is 0 Å². The number of thioether (sulfide) groups is 1. The molecule has 1 saturated carbocycles. The van der Waals surface area contributed by atoms with E-state index < -0.39 is 0 Å². The number of nitrogens with two attached hydrogens (primary N) is 1. The number of hydrogen-bond acceptors (Lipinski definition) is 3. The molecule has 0 radical (unpaired) electrons. The van der Waals surface area contributed by atoms with Gasteiger partial charge in [0.15, 0.2) is 0 Å². The summed E-state index contributed by atoms with van der Waals surface area (Å²) in [5.74, 6) is 0.922. The molecule has 1 aromatic rings. The topological polar surface area (TPSA) is 29.3 Å². The molecule has 0 aliphatic heterocycles. The van der Waals surface area contributed by atoms with Crippen molar-refractivity contribution >= 4 is 11.8 Å². The summed E-state index contributed by atoms with van der Waals surface area (Å²) in [6.45, 7) is 5.35. The Balaban J connectivity index is 2.09. The first-order chi connectivity index (χ1) is 9.28. The number of nitrogens with zero attached hydrogens (tertiary/aromatic N) is 1. The van der Waals surface area contributed by atoms with Crippen LogP contribution in [0.4, 0.5) is 0 Å². The third kappa shape index (κ3) is 4.23. The second-order valence-electron chi connectivity index (χ2n) is 5.46. The molecule has 1 aliphatic carbocycles. The average Bonchev–Trinajstić information content (AvgIpc) is 3.24. The van der Waals surface area contributed by atoms with Gasteiger partial charge in [0.2, 0.25) is 0 Å². The first-order valence-electron chi connectivity index (χ1n) is 7.36. The van der Waals surface area contributed by atoms with Crippen molar-refractivity contribution in [2.45, 2.75) is 37.1 Å². The zero-order chi connectivity index (χ0) is 13.7. The Bertz CT molecular complexity index is 373. The molecule has 0 heterocycles. The average molecular weight is 278 g/mol. The van der Waals surface area contributed by atoms with Crippen LogP contribution in [0.25, 0.3) is 0 Å². The predicted molar refractivity (Wildman–Crippen MR) is 84.6 cm³/mol. The lowest BCUT2D eigenvalue weighted by Gasteiger charge is -2.31. The van der Waals surface area contributed by atoms with E-state index in [2.05, 4.69) is 42.3 Å². The van der Waals surface area contributed by atoms with Crippen molar-refractivity contribution in [3.63, 3.8) is 0 Å². The van der Waals surface area contributed by atoms with E-state index in [1.54, 1.807) is 11.8 Å². The molecule has 3 heteroatoms. The van der Waals surface area contributed by atoms with E-state index in [0.29, 0.717) is 12.6 Å². The van der Waals surface area contributed by atoms with E-state index >= 15 is 0 Å². The van der Waals surface area contributed by atoms with Gasteiger partial charge in [-0.15, -0.1) is 11.8 Å². The monoisotopic (exact) mass is 278 g/mol. The highest BCUT2D eigenvalue weighted by Gasteiger charge is 2.27. The van der Waals surface area contributed by atoms with Gasteiger partial charge >= 0.3 is 0 Å². The Morgan fingerprint density at radius 2 is 2.00 bits per heavy atom. The molecule has 1 aromatic carbocycles. The molecule has 0 aromatic heterocycles. The maximum atomic E-state index is 6.06. The van der Waals surface area contributed by atoms with Crippen LogP contribution >= 0.6 is 11.8 Å². The fraction of sp³-hybridized carbons (Fsp3) is 0.625. The van der Waals surface area contributed by atoms with Crippen LogP contribution in [-0.4, -0.2) is 30.8 Å². The SMILES string of the molecule is CCCN(CC1CC1)C(CN)c1ccc(SC)cc1. The minimum absolute atomic E-state index is 0.386. The minimum atomic E-state index is 0.386. The van der Waals surface area contributed by atoms with E-state index in [-0.39, 0.29) is 0 Å². The Morgan fingerprint density at radius 1 is 1.32 bits per heavy atom. The molecule has 1 atom stereocenters. The van der Waals surface area contributed by atoms with Crippen LogP contribution in [-0.2, 0) is 0 Å². The van der Waals surface area contributed by atoms with Gasteiger partial charge in [0.25, 0.3) is 0 Å². The molecule has 2 nitrogen and oxygen atoms in total. The van der Waals surface area contributed by atoms with Gasteiger partial charge in [-0.3, -0.25) is 4.90 Å². The second-order valence-corrected chi connectivity index (χ2v) is 6.34. The standard InChI is InChI=1S/C16H26N2S/c1-3-10-18(12-13-4-5-13)16(11-17)14-6-8-15(19-2)9-7-14/h6-9,13,16H,3-5,10-12,17H2,1-2H3. The molecular formula is C16H26N2S. The number of benzene rings is 1. The zero-order valence-corrected chi connectivity index (χ0v) is 13.0. The summed E-state index contributed by atoms with van der Waals surface area (Å²) in [5, 5.41) is 0. The van der Waals surface area contributed by atoms with E-state index in [4.69, 9.17) is 5.73 Å². The molecule has 2 rings (SSSR count). The van der Waals surface area contributed by atoms with Gasteiger partial charge in [0.05, 0.1) is 0 Å². The lowest BCUT2D eigenvalue weighted by molar-refractivity contribution is 0.193. The fourth-order valence-electron chi connectivity index (χ4n) is 2.62. The normalized spacial score (nSPS) is 16.8. The fourth-order valence-corrected chi connectivity index (χ4v) is 3.02. The summed E-state index contributed by atoms with van der Waals surface area (Å²) in [7, 11) is 0. The third-order valence-electron chi connectivity index (χ3n) is 3.87. The zero-order valence-electron chi connectivity index (χ0n) is 12.1. The predicted octanol–water partition coefficient (Wildman–Crippen LogP) is 3.53. The van der Waals surface area contributed by atoms with Crippen molar-refractivity contribution in [1.82, 2.24) is 4.90 Å².